The lowest BCUT2D eigenvalue weighted by Gasteiger charge is -2.30. The zero-order valence-electron chi connectivity index (χ0n) is 12.9. The fourth-order valence-corrected chi connectivity index (χ4v) is 3.66. The van der Waals surface area contributed by atoms with Gasteiger partial charge < -0.3 is 4.74 Å². The van der Waals surface area contributed by atoms with Crippen molar-refractivity contribution in [2.45, 2.75) is 96.1 Å². The SMILES string of the molecule is CCCCCCCCCCC1OCN2CCCCC12. The van der Waals surface area contributed by atoms with Gasteiger partial charge >= 0.3 is 0 Å². The fraction of sp³-hybridized carbons (Fsp3) is 1.00. The summed E-state index contributed by atoms with van der Waals surface area (Å²) in [5.74, 6) is 0. The quantitative estimate of drug-likeness (QED) is 0.560. The van der Waals surface area contributed by atoms with Gasteiger partial charge in [0.2, 0.25) is 0 Å². The van der Waals surface area contributed by atoms with E-state index in [4.69, 9.17) is 4.74 Å². The Morgan fingerprint density at radius 2 is 1.68 bits per heavy atom. The highest BCUT2D eigenvalue weighted by atomic mass is 16.5. The van der Waals surface area contributed by atoms with Gasteiger partial charge in [0.1, 0.15) is 0 Å². The second-order valence-electron chi connectivity index (χ2n) is 6.47. The van der Waals surface area contributed by atoms with Crippen LogP contribution >= 0.6 is 0 Å². The van der Waals surface area contributed by atoms with Gasteiger partial charge in [-0.2, -0.15) is 0 Å². The van der Waals surface area contributed by atoms with E-state index in [2.05, 4.69) is 11.8 Å². The normalized spacial score (nSPS) is 27.6. The van der Waals surface area contributed by atoms with Gasteiger partial charge in [0, 0.05) is 12.6 Å². The van der Waals surface area contributed by atoms with Gasteiger partial charge in [0.25, 0.3) is 0 Å². The smallest absolute Gasteiger partial charge is 0.0998 e. The topological polar surface area (TPSA) is 12.5 Å². The molecule has 2 heterocycles. The van der Waals surface area contributed by atoms with Crippen molar-refractivity contribution in [3.63, 3.8) is 0 Å². The lowest BCUT2D eigenvalue weighted by molar-refractivity contribution is 0.0828. The van der Waals surface area contributed by atoms with E-state index in [0.29, 0.717) is 6.10 Å². The highest BCUT2D eigenvalue weighted by molar-refractivity contribution is 4.86. The predicted octanol–water partition coefficient (Wildman–Crippen LogP) is 4.73. The van der Waals surface area contributed by atoms with Crippen molar-refractivity contribution >= 4 is 0 Å². The van der Waals surface area contributed by atoms with Crippen molar-refractivity contribution in [2.24, 2.45) is 0 Å². The van der Waals surface area contributed by atoms with E-state index in [1.54, 1.807) is 0 Å². The summed E-state index contributed by atoms with van der Waals surface area (Å²) >= 11 is 0. The van der Waals surface area contributed by atoms with Gasteiger partial charge in [0.05, 0.1) is 12.8 Å². The Morgan fingerprint density at radius 3 is 2.47 bits per heavy atom. The number of fused-ring (bicyclic) bond motifs is 1. The van der Waals surface area contributed by atoms with Gasteiger partial charge in [-0.05, 0) is 19.3 Å². The number of hydrogen-bond donors (Lipinski definition) is 0. The largest absolute Gasteiger partial charge is 0.361 e. The second kappa shape index (κ2) is 8.97. The molecule has 2 atom stereocenters. The summed E-state index contributed by atoms with van der Waals surface area (Å²) in [6.07, 6.45) is 17.4. The van der Waals surface area contributed by atoms with Crippen molar-refractivity contribution in [3.05, 3.63) is 0 Å². The Bertz CT molecular complexity index is 231. The summed E-state index contributed by atoms with van der Waals surface area (Å²) in [5.41, 5.74) is 0. The maximum Gasteiger partial charge on any atom is 0.0998 e. The lowest BCUT2D eigenvalue weighted by atomic mass is 9.95. The van der Waals surface area contributed by atoms with Crippen LogP contribution in [-0.2, 0) is 4.74 Å². The number of ether oxygens (including phenoxy) is 1. The highest BCUT2D eigenvalue weighted by Crippen LogP contribution is 2.29. The van der Waals surface area contributed by atoms with Gasteiger partial charge in [0.15, 0.2) is 0 Å². The lowest BCUT2D eigenvalue weighted by Crippen LogP contribution is -2.38. The van der Waals surface area contributed by atoms with Gasteiger partial charge in [-0.3, -0.25) is 4.90 Å². The number of unbranched alkanes of at least 4 members (excludes halogenated alkanes) is 7. The molecular formula is C17H33NO. The van der Waals surface area contributed by atoms with Crippen molar-refractivity contribution in [3.8, 4) is 0 Å². The molecule has 0 spiro atoms. The first-order valence-electron chi connectivity index (χ1n) is 8.77. The predicted molar refractivity (Wildman–Crippen MR) is 81.3 cm³/mol. The highest BCUT2D eigenvalue weighted by Gasteiger charge is 2.35. The zero-order chi connectivity index (χ0) is 13.3. The van der Waals surface area contributed by atoms with E-state index in [-0.39, 0.29) is 0 Å². The third-order valence-electron chi connectivity index (χ3n) is 4.89. The van der Waals surface area contributed by atoms with Gasteiger partial charge in [-0.1, -0.05) is 64.7 Å². The minimum atomic E-state index is 0.556. The molecule has 0 saturated carbocycles. The molecule has 0 aromatic heterocycles. The molecule has 2 rings (SSSR count). The van der Waals surface area contributed by atoms with Crippen LogP contribution in [0.3, 0.4) is 0 Å². The van der Waals surface area contributed by atoms with Crippen LogP contribution in [0.2, 0.25) is 0 Å². The first kappa shape index (κ1) is 15.3. The van der Waals surface area contributed by atoms with Crippen LogP contribution in [0, 0.1) is 0 Å². The first-order chi connectivity index (χ1) is 9.42. The van der Waals surface area contributed by atoms with Crippen LogP contribution in [0.25, 0.3) is 0 Å². The molecule has 0 radical (unpaired) electrons. The third kappa shape index (κ3) is 5.07. The van der Waals surface area contributed by atoms with Crippen LogP contribution in [0.15, 0.2) is 0 Å². The fourth-order valence-electron chi connectivity index (χ4n) is 3.66. The van der Waals surface area contributed by atoms with E-state index in [1.165, 1.54) is 83.6 Å². The number of piperidine rings is 1. The Morgan fingerprint density at radius 1 is 0.947 bits per heavy atom. The van der Waals surface area contributed by atoms with Crippen LogP contribution < -0.4 is 0 Å². The molecule has 2 fully saturated rings. The number of hydrogen-bond acceptors (Lipinski definition) is 2. The zero-order valence-corrected chi connectivity index (χ0v) is 12.9. The van der Waals surface area contributed by atoms with Crippen molar-refractivity contribution in [1.29, 1.82) is 0 Å². The Labute approximate surface area is 119 Å². The molecule has 112 valence electrons. The number of rotatable bonds is 9. The average Bonchev–Trinajstić information content (AvgIpc) is 2.85. The minimum absolute atomic E-state index is 0.556. The summed E-state index contributed by atoms with van der Waals surface area (Å²) in [6.45, 7) is 4.47. The van der Waals surface area contributed by atoms with E-state index >= 15 is 0 Å². The van der Waals surface area contributed by atoms with Crippen molar-refractivity contribution in [1.82, 2.24) is 4.90 Å². The molecule has 2 heteroatoms. The molecule has 2 aliphatic heterocycles. The molecule has 0 bridgehead atoms. The molecule has 0 aromatic rings. The molecule has 2 unspecified atom stereocenters. The average molecular weight is 267 g/mol. The van der Waals surface area contributed by atoms with E-state index in [9.17, 15) is 0 Å². The number of nitrogens with zero attached hydrogens (tertiary/aromatic N) is 1. The standard InChI is InChI=1S/C17H33NO/c1-2-3-4-5-6-7-8-9-13-17-16-12-10-11-14-18(16)15-19-17/h16-17H,2-15H2,1H3. The summed E-state index contributed by atoms with van der Waals surface area (Å²) in [5, 5.41) is 0. The second-order valence-corrected chi connectivity index (χ2v) is 6.47. The molecule has 2 saturated heterocycles. The maximum atomic E-state index is 5.99. The summed E-state index contributed by atoms with van der Waals surface area (Å²) in [7, 11) is 0. The van der Waals surface area contributed by atoms with Gasteiger partial charge in [-0.25, -0.2) is 0 Å². The van der Waals surface area contributed by atoms with Crippen LogP contribution in [-0.4, -0.2) is 30.3 Å². The summed E-state index contributed by atoms with van der Waals surface area (Å²) in [6, 6.07) is 0.762. The summed E-state index contributed by atoms with van der Waals surface area (Å²) in [4.78, 5) is 2.57. The molecule has 2 nitrogen and oxygen atoms in total. The van der Waals surface area contributed by atoms with Crippen molar-refractivity contribution in [2.75, 3.05) is 13.3 Å². The first-order valence-corrected chi connectivity index (χ1v) is 8.77. The Balaban J connectivity index is 1.47. The van der Waals surface area contributed by atoms with Crippen molar-refractivity contribution < 1.29 is 4.74 Å². The molecule has 0 aromatic carbocycles. The third-order valence-corrected chi connectivity index (χ3v) is 4.89. The maximum absolute atomic E-state index is 5.99. The Hall–Kier alpha value is -0.0800. The molecule has 0 amide bonds. The van der Waals surface area contributed by atoms with Crippen LogP contribution in [0.5, 0.6) is 0 Å². The van der Waals surface area contributed by atoms with Crippen LogP contribution in [0.1, 0.15) is 84.0 Å². The monoisotopic (exact) mass is 267 g/mol. The molecule has 0 aliphatic carbocycles. The molecule has 2 aliphatic rings. The Kier molecular flexibility index (Phi) is 7.23. The molecule has 19 heavy (non-hydrogen) atoms. The summed E-state index contributed by atoms with van der Waals surface area (Å²) < 4.78 is 5.99. The molecular weight excluding hydrogens is 234 g/mol. The molecule has 0 N–H and O–H groups in total. The van der Waals surface area contributed by atoms with Gasteiger partial charge in [-0.15, -0.1) is 0 Å². The minimum Gasteiger partial charge on any atom is -0.361 e. The van der Waals surface area contributed by atoms with E-state index in [0.717, 1.165) is 12.8 Å². The van der Waals surface area contributed by atoms with Crippen LogP contribution in [0.4, 0.5) is 0 Å². The van der Waals surface area contributed by atoms with E-state index in [1.807, 2.05) is 0 Å². The van der Waals surface area contributed by atoms with E-state index < -0.39 is 0 Å².